The molecule has 0 fully saturated rings. The molecule has 0 aliphatic carbocycles. The number of halogens is 3. The van der Waals surface area contributed by atoms with Crippen LogP contribution in [0.5, 0.6) is 0 Å². The first kappa shape index (κ1) is 13.4. The zero-order chi connectivity index (χ0) is 15.1. The van der Waals surface area contributed by atoms with Gasteiger partial charge in [-0.1, -0.05) is 0 Å². The Hall–Kier alpha value is -2.59. The minimum Gasteiger partial charge on any atom is -0.328 e. The molecule has 0 saturated carbocycles. The van der Waals surface area contributed by atoms with E-state index in [0.717, 1.165) is 24.3 Å². The lowest BCUT2D eigenvalue weighted by Crippen LogP contribution is -1.99. The molecule has 1 aromatic heterocycles. The summed E-state index contributed by atoms with van der Waals surface area (Å²) in [5, 5.41) is 9.09. The van der Waals surface area contributed by atoms with Gasteiger partial charge in [-0.3, -0.25) is 4.57 Å². The smallest absolute Gasteiger partial charge is 0.182 e. The summed E-state index contributed by atoms with van der Waals surface area (Å²) in [5.74, 6) is -2.15. The van der Waals surface area contributed by atoms with Crippen molar-refractivity contribution in [3.05, 3.63) is 58.1 Å². The number of nitrogens with zero attached hydrogens (tertiary/aromatic N) is 2. The van der Waals surface area contributed by atoms with Crippen LogP contribution in [-0.2, 0) is 0 Å². The van der Waals surface area contributed by atoms with E-state index in [2.05, 4.69) is 4.98 Å². The van der Waals surface area contributed by atoms with E-state index >= 15 is 0 Å². The minimum atomic E-state index is -0.796. The van der Waals surface area contributed by atoms with E-state index in [9.17, 15) is 13.2 Å². The Balaban J connectivity index is 2.44. The maximum Gasteiger partial charge on any atom is 0.182 e. The molecule has 0 atom stereocenters. The molecule has 0 aliphatic rings. The highest BCUT2D eigenvalue weighted by molar-refractivity contribution is 7.71. The molecule has 104 valence electrons. The Morgan fingerprint density at radius 2 is 1.86 bits per heavy atom. The van der Waals surface area contributed by atoms with Gasteiger partial charge in [-0.25, -0.2) is 13.2 Å². The van der Waals surface area contributed by atoms with Crippen molar-refractivity contribution in [1.29, 1.82) is 5.26 Å². The van der Waals surface area contributed by atoms with Crippen molar-refractivity contribution in [2.75, 3.05) is 0 Å². The summed E-state index contributed by atoms with van der Waals surface area (Å²) in [5.41, 5.74) is 0.423. The van der Waals surface area contributed by atoms with Crippen LogP contribution in [0, 0.1) is 33.6 Å². The second kappa shape index (κ2) is 4.75. The number of H-pyrrole nitrogens is 1. The maximum atomic E-state index is 13.7. The summed E-state index contributed by atoms with van der Waals surface area (Å²) >= 11 is 5.09. The third kappa shape index (κ3) is 2.10. The molecule has 0 amide bonds. The highest BCUT2D eigenvalue weighted by Crippen LogP contribution is 2.25. The van der Waals surface area contributed by atoms with Crippen molar-refractivity contribution < 1.29 is 13.2 Å². The number of benzene rings is 2. The first-order valence-electron chi connectivity index (χ1n) is 5.81. The van der Waals surface area contributed by atoms with Crippen LogP contribution in [0.1, 0.15) is 5.56 Å². The number of imidazole rings is 1. The van der Waals surface area contributed by atoms with Crippen LogP contribution in [0.2, 0.25) is 0 Å². The molecule has 3 rings (SSSR count). The summed E-state index contributed by atoms with van der Waals surface area (Å²) in [6.45, 7) is 0. The monoisotopic (exact) mass is 305 g/mol. The molecular weight excluding hydrogens is 299 g/mol. The molecule has 3 nitrogen and oxygen atoms in total. The van der Waals surface area contributed by atoms with Gasteiger partial charge in [-0.15, -0.1) is 0 Å². The van der Waals surface area contributed by atoms with Gasteiger partial charge < -0.3 is 4.98 Å². The molecule has 0 spiro atoms. The number of fused-ring (bicyclic) bond motifs is 1. The molecule has 3 aromatic rings. The number of aromatic amines is 1. The fraction of sp³-hybridized carbons (Fsp3) is 0. The van der Waals surface area contributed by atoms with Gasteiger partial charge >= 0.3 is 0 Å². The predicted molar refractivity (Wildman–Crippen MR) is 73.0 cm³/mol. The van der Waals surface area contributed by atoms with Crippen LogP contribution >= 0.6 is 12.2 Å². The molecule has 0 unspecified atom stereocenters. The second-order valence-corrected chi connectivity index (χ2v) is 4.71. The first-order valence-corrected chi connectivity index (χ1v) is 6.22. The van der Waals surface area contributed by atoms with Gasteiger partial charge in [0.25, 0.3) is 0 Å². The molecule has 7 heteroatoms. The fourth-order valence-corrected chi connectivity index (χ4v) is 2.46. The molecule has 0 aliphatic heterocycles. The van der Waals surface area contributed by atoms with Crippen molar-refractivity contribution in [1.82, 2.24) is 9.55 Å². The van der Waals surface area contributed by atoms with Gasteiger partial charge in [0.1, 0.15) is 23.2 Å². The largest absolute Gasteiger partial charge is 0.328 e. The average Bonchev–Trinajstić information content (AvgIpc) is 2.75. The Morgan fingerprint density at radius 1 is 1.10 bits per heavy atom. The zero-order valence-electron chi connectivity index (χ0n) is 10.3. The summed E-state index contributed by atoms with van der Waals surface area (Å²) in [4.78, 5) is 2.62. The standard InChI is InChI=1S/C14H6F3N3S/c15-8-1-2-11(7(3-8)6-18)20-12-5-9(16)4-10(17)13(12)19-14(20)21/h1-5H,(H,19,21). The maximum absolute atomic E-state index is 13.7. The van der Waals surface area contributed by atoms with Crippen molar-refractivity contribution >= 4 is 23.3 Å². The number of rotatable bonds is 1. The number of hydrogen-bond acceptors (Lipinski definition) is 2. The van der Waals surface area contributed by atoms with Crippen LogP contribution in [0.4, 0.5) is 13.2 Å². The number of nitriles is 1. The highest BCUT2D eigenvalue weighted by atomic mass is 32.1. The molecule has 1 heterocycles. The third-order valence-electron chi connectivity index (χ3n) is 3.03. The van der Waals surface area contributed by atoms with E-state index < -0.39 is 17.5 Å². The van der Waals surface area contributed by atoms with Crippen LogP contribution in [0.25, 0.3) is 16.7 Å². The quantitative estimate of drug-likeness (QED) is 0.691. The van der Waals surface area contributed by atoms with Crippen LogP contribution in [-0.4, -0.2) is 9.55 Å². The van der Waals surface area contributed by atoms with Crippen molar-refractivity contribution in [3.8, 4) is 11.8 Å². The van der Waals surface area contributed by atoms with Gasteiger partial charge in [0.2, 0.25) is 0 Å². The summed E-state index contributed by atoms with van der Waals surface area (Å²) in [6.07, 6.45) is 0. The Labute approximate surface area is 121 Å². The van der Waals surface area contributed by atoms with Crippen molar-refractivity contribution in [2.45, 2.75) is 0 Å². The molecule has 1 N–H and O–H groups in total. The topological polar surface area (TPSA) is 44.5 Å². The summed E-state index contributed by atoms with van der Waals surface area (Å²) < 4.78 is 41.8. The van der Waals surface area contributed by atoms with Gasteiger partial charge in [0.15, 0.2) is 10.6 Å². The second-order valence-electron chi connectivity index (χ2n) is 4.32. The Morgan fingerprint density at radius 3 is 2.57 bits per heavy atom. The zero-order valence-corrected chi connectivity index (χ0v) is 11.1. The van der Waals surface area contributed by atoms with E-state index in [-0.39, 0.29) is 27.1 Å². The SMILES string of the molecule is N#Cc1cc(F)ccc1-n1c(=S)[nH]c2c(F)cc(F)cc21. The van der Waals surface area contributed by atoms with Crippen LogP contribution < -0.4 is 0 Å². The number of nitrogens with one attached hydrogen (secondary N) is 1. The van der Waals surface area contributed by atoms with Gasteiger partial charge in [0.05, 0.1) is 16.8 Å². The van der Waals surface area contributed by atoms with E-state index in [1.807, 2.05) is 6.07 Å². The van der Waals surface area contributed by atoms with Gasteiger partial charge in [-0.2, -0.15) is 5.26 Å². The predicted octanol–water partition coefficient (Wildman–Crippen LogP) is 3.98. The lowest BCUT2D eigenvalue weighted by molar-refractivity contribution is 0.590. The van der Waals surface area contributed by atoms with E-state index in [4.69, 9.17) is 17.5 Å². The Bertz CT molecular complexity index is 966. The average molecular weight is 305 g/mol. The molecule has 21 heavy (non-hydrogen) atoms. The molecule has 0 radical (unpaired) electrons. The number of hydrogen-bond donors (Lipinski definition) is 1. The van der Waals surface area contributed by atoms with E-state index in [1.54, 1.807) is 0 Å². The fourth-order valence-electron chi connectivity index (χ4n) is 2.16. The normalized spacial score (nSPS) is 10.8. The van der Waals surface area contributed by atoms with E-state index in [1.165, 1.54) is 10.6 Å². The first-order chi connectivity index (χ1) is 10.0. The highest BCUT2D eigenvalue weighted by Gasteiger charge is 2.15. The van der Waals surface area contributed by atoms with Crippen molar-refractivity contribution in [3.63, 3.8) is 0 Å². The molecular formula is C14H6F3N3S. The van der Waals surface area contributed by atoms with Gasteiger partial charge in [-0.05, 0) is 30.4 Å². The molecule has 0 saturated heterocycles. The summed E-state index contributed by atoms with van der Waals surface area (Å²) in [6, 6.07) is 7.17. The molecule has 0 bridgehead atoms. The van der Waals surface area contributed by atoms with Crippen LogP contribution in [0.3, 0.4) is 0 Å². The lowest BCUT2D eigenvalue weighted by Gasteiger charge is -2.07. The lowest BCUT2D eigenvalue weighted by atomic mass is 10.2. The minimum absolute atomic E-state index is 0.0108. The Kier molecular flexibility index (Phi) is 3.03. The third-order valence-corrected chi connectivity index (χ3v) is 3.31. The van der Waals surface area contributed by atoms with Crippen molar-refractivity contribution in [2.24, 2.45) is 0 Å². The molecule has 2 aromatic carbocycles. The van der Waals surface area contributed by atoms with E-state index in [0.29, 0.717) is 0 Å². The van der Waals surface area contributed by atoms with Crippen LogP contribution in [0.15, 0.2) is 30.3 Å². The summed E-state index contributed by atoms with van der Waals surface area (Å²) in [7, 11) is 0. The number of aromatic nitrogens is 2. The van der Waals surface area contributed by atoms with Gasteiger partial charge in [0, 0.05) is 12.1 Å².